The Morgan fingerprint density at radius 3 is 2.46 bits per heavy atom. The molecule has 0 unspecified atom stereocenters. The number of thiocarbonyl (C=S) groups is 1. The van der Waals surface area contributed by atoms with Crippen LogP contribution in [-0.2, 0) is 4.79 Å². The fourth-order valence-electron chi connectivity index (χ4n) is 3.99. The maximum Gasteiger partial charge on any atom is 0.233 e. The smallest absolute Gasteiger partial charge is 0.233 e. The van der Waals surface area contributed by atoms with Crippen LogP contribution in [0.4, 0.5) is 5.69 Å². The zero-order chi connectivity index (χ0) is 20.2. The van der Waals surface area contributed by atoms with E-state index in [-0.39, 0.29) is 11.9 Å². The number of hydrogen-bond acceptors (Lipinski definition) is 3. The zero-order valence-corrected chi connectivity index (χ0v) is 17.9. The van der Waals surface area contributed by atoms with Gasteiger partial charge in [0.2, 0.25) is 5.91 Å². The van der Waals surface area contributed by atoms with Crippen molar-refractivity contribution >= 4 is 52.1 Å². The van der Waals surface area contributed by atoms with E-state index in [1.165, 1.54) is 0 Å². The van der Waals surface area contributed by atoms with Crippen LogP contribution in [0.3, 0.4) is 0 Å². The molecule has 1 saturated heterocycles. The highest BCUT2D eigenvalue weighted by molar-refractivity contribution is 7.80. The Labute approximate surface area is 179 Å². The highest BCUT2D eigenvalue weighted by atomic mass is 35.5. The van der Waals surface area contributed by atoms with E-state index in [2.05, 4.69) is 5.32 Å². The topological polar surface area (TPSA) is 44.8 Å². The van der Waals surface area contributed by atoms with Gasteiger partial charge in [-0.25, -0.2) is 0 Å². The average Bonchev–Trinajstić information content (AvgIpc) is 2.63. The van der Waals surface area contributed by atoms with E-state index in [1.807, 2.05) is 36.1 Å². The number of fused-ring (bicyclic) bond motifs is 4. The van der Waals surface area contributed by atoms with E-state index in [1.54, 1.807) is 37.2 Å². The van der Waals surface area contributed by atoms with Gasteiger partial charge in [-0.15, -0.1) is 0 Å². The van der Waals surface area contributed by atoms with Crippen molar-refractivity contribution in [3.05, 3.63) is 58.1 Å². The molecule has 0 saturated carbocycles. The van der Waals surface area contributed by atoms with Crippen LogP contribution in [0.2, 0.25) is 10.0 Å². The molecule has 2 aliphatic heterocycles. The second-order valence-corrected chi connectivity index (χ2v) is 8.55. The summed E-state index contributed by atoms with van der Waals surface area (Å²) in [5.74, 6) is 0.0663. The van der Waals surface area contributed by atoms with E-state index in [4.69, 9.17) is 40.2 Å². The lowest BCUT2D eigenvalue weighted by atomic mass is 9.78. The molecule has 2 heterocycles. The number of rotatable bonds is 2. The number of amides is 1. The number of nitrogens with one attached hydrogen (secondary N) is 1. The minimum absolute atomic E-state index is 0.0629. The summed E-state index contributed by atoms with van der Waals surface area (Å²) in [7, 11) is 3.47. The van der Waals surface area contributed by atoms with Crippen molar-refractivity contribution in [1.29, 1.82) is 0 Å². The molecular formula is C20H19Cl2N3O2S. The van der Waals surface area contributed by atoms with Crippen LogP contribution in [0, 0.1) is 5.92 Å². The second kappa shape index (κ2) is 6.79. The Hall–Kier alpha value is -2.02. The number of halogens is 2. The molecule has 1 amide bonds. The first-order valence-electron chi connectivity index (χ1n) is 8.78. The molecule has 3 atom stereocenters. The Bertz CT molecular complexity index is 966. The fraction of sp³-hybridized carbons (Fsp3) is 0.300. The van der Waals surface area contributed by atoms with Crippen LogP contribution in [0.5, 0.6) is 5.75 Å². The SMILES string of the molecule is CN(C)C(=O)[C@@H]1[C@H]2NC(=S)N(c3ccc(Cl)cc3)[C@@]1(C)Oc1ccc(Cl)cc12. The lowest BCUT2D eigenvalue weighted by Gasteiger charge is -2.56. The fourth-order valence-corrected chi connectivity index (χ4v) is 4.71. The molecule has 0 aromatic heterocycles. The van der Waals surface area contributed by atoms with Gasteiger partial charge in [-0.2, -0.15) is 0 Å². The number of nitrogens with zero attached hydrogens (tertiary/aromatic N) is 2. The third-order valence-electron chi connectivity index (χ3n) is 5.25. The van der Waals surface area contributed by atoms with Crippen LogP contribution in [0.1, 0.15) is 18.5 Å². The first-order valence-corrected chi connectivity index (χ1v) is 9.94. The maximum atomic E-state index is 13.2. The molecule has 0 radical (unpaired) electrons. The number of ether oxygens (including phenoxy) is 1. The second-order valence-electron chi connectivity index (χ2n) is 7.29. The summed E-state index contributed by atoms with van der Waals surface area (Å²) < 4.78 is 6.46. The van der Waals surface area contributed by atoms with E-state index in [0.29, 0.717) is 20.9 Å². The molecule has 28 heavy (non-hydrogen) atoms. The molecule has 0 spiro atoms. The third-order valence-corrected chi connectivity index (χ3v) is 6.04. The molecule has 2 aromatic rings. The van der Waals surface area contributed by atoms with Crippen LogP contribution >= 0.6 is 35.4 Å². The molecule has 8 heteroatoms. The first kappa shape index (κ1) is 19.3. The number of benzene rings is 2. The molecule has 2 bridgehead atoms. The van der Waals surface area contributed by atoms with Gasteiger partial charge in [0, 0.05) is 35.4 Å². The quantitative estimate of drug-likeness (QED) is 0.714. The summed E-state index contributed by atoms with van der Waals surface area (Å²) in [5.41, 5.74) is 0.586. The molecule has 2 aliphatic rings. The van der Waals surface area contributed by atoms with E-state index >= 15 is 0 Å². The Kier molecular flexibility index (Phi) is 4.68. The van der Waals surface area contributed by atoms with Crippen molar-refractivity contribution in [2.75, 3.05) is 19.0 Å². The summed E-state index contributed by atoms with van der Waals surface area (Å²) in [6.45, 7) is 1.89. The van der Waals surface area contributed by atoms with Crippen molar-refractivity contribution in [3.63, 3.8) is 0 Å². The van der Waals surface area contributed by atoms with Crippen LogP contribution in [0.25, 0.3) is 0 Å². The summed E-state index contributed by atoms with van der Waals surface area (Å²) >= 11 is 18.0. The molecule has 2 aromatic carbocycles. The van der Waals surface area contributed by atoms with Gasteiger partial charge in [0.15, 0.2) is 10.8 Å². The van der Waals surface area contributed by atoms with Gasteiger partial charge in [0.05, 0.1) is 6.04 Å². The molecule has 4 rings (SSSR count). The standard InChI is InChI=1S/C20H19Cl2N3O2S/c1-20-16(18(26)24(2)3)17(14-10-12(22)6-9-15(14)27-20)23-19(28)25(20)13-7-4-11(21)5-8-13/h4-10,16-17H,1-3H3,(H,23,28)/t16-,17-,20-/m0/s1. The highest BCUT2D eigenvalue weighted by Gasteiger charge is 2.59. The number of anilines is 1. The minimum atomic E-state index is -1.02. The normalized spacial score (nSPS) is 25.5. The van der Waals surface area contributed by atoms with Crippen LogP contribution in [0.15, 0.2) is 42.5 Å². The van der Waals surface area contributed by atoms with Gasteiger partial charge in [0.25, 0.3) is 0 Å². The summed E-state index contributed by atoms with van der Waals surface area (Å²) in [5, 5.41) is 5.02. The lowest BCUT2D eigenvalue weighted by Crippen LogP contribution is -2.72. The largest absolute Gasteiger partial charge is 0.467 e. The molecular weight excluding hydrogens is 417 g/mol. The van der Waals surface area contributed by atoms with Gasteiger partial charge in [-0.05, 0) is 61.6 Å². The molecule has 1 fully saturated rings. The zero-order valence-electron chi connectivity index (χ0n) is 15.6. The Morgan fingerprint density at radius 1 is 1.18 bits per heavy atom. The Morgan fingerprint density at radius 2 is 1.82 bits per heavy atom. The maximum absolute atomic E-state index is 13.2. The van der Waals surface area contributed by atoms with E-state index in [9.17, 15) is 4.79 Å². The van der Waals surface area contributed by atoms with Gasteiger partial charge >= 0.3 is 0 Å². The van der Waals surface area contributed by atoms with Crippen molar-refractivity contribution in [1.82, 2.24) is 10.2 Å². The van der Waals surface area contributed by atoms with Gasteiger partial charge in [0.1, 0.15) is 11.7 Å². The molecule has 146 valence electrons. The minimum Gasteiger partial charge on any atom is -0.467 e. The monoisotopic (exact) mass is 435 g/mol. The summed E-state index contributed by atoms with van der Waals surface area (Å²) in [6.07, 6.45) is 0. The Balaban J connectivity index is 1.91. The lowest BCUT2D eigenvalue weighted by molar-refractivity contribution is -0.144. The first-order chi connectivity index (χ1) is 13.2. The number of carbonyl (C=O) groups is 1. The van der Waals surface area contributed by atoms with Gasteiger partial charge in [-0.3, -0.25) is 9.69 Å². The number of hydrogen-bond donors (Lipinski definition) is 1. The third kappa shape index (κ3) is 2.91. The van der Waals surface area contributed by atoms with Gasteiger partial charge in [-0.1, -0.05) is 23.2 Å². The van der Waals surface area contributed by atoms with Crippen molar-refractivity contribution in [2.24, 2.45) is 5.92 Å². The highest BCUT2D eigenvalue weighted by Crippen LogP contribution is 2.50. The predicted molar refractivity (Wildman–Crippen MR) is 115 cm³/mol. The van der Waals surface area contributed by atoms with Crippen LogP contribution in [-0.4, -0.2) is 35.7 Å². The summed E-state index contributed by atoms with van der Waals surface area (Å²) in [4.78, 5) is 16.7. The van der Waals surface area contributed by atoms with Crippen molar-refractivity contribution in [3.8, 4) is 5.75 Å². The van der Waals surface area contributed by atoms with Crippen molar-refractivity contribution in [2.45, 2.75) is 18.7 Å². The van der Waals surface area contributed by atoms with Gasteiger partial charge < -0.3 is 15.0 Å². The average molecular weight is 436 g/mol. The van der Waals surface area contributed by atoms with Crippen molar-refractivity contribution < 1.29 is 9.53 Å². The van der Waals surface area contributed by atoms with E-state index < -0.39 is 11.6 Å². The van der Waals surface area contributed by atoms with E-state index in [0.717, 1.165) is 11.3 Å². The summed E-state index contributed by atoms with van der Waals surface area (Å²) in [6, 6.07) is 12.4. The molecule has 1 N–H and O–H groups in total. The van der Waals surface area contributed by atoms with Crippen LogP contribution < -0.4 is 15.0 Å². The number of carbonyl (C=O) groups excluding carboxylic acids is 1. The molecule has 0 aliphatic carbocycles. The molecule has 5 nitrogen and oxygen atoms in total. The predicted octanol–water partition coefficient (Wildman–Crippen LogP) is 4.24.